The molecule has 6 nitrogen and oxygen atoms in total. The standard InChI is InChI=1S/C25H22Cl2N2O4/c26-17-8-10-20(21(27)13-17)23-11-9-18(33-23)14-22(25(31)28-15-19-7-4-12-32-19)29-24(30)16-5-2-1-3-6-16/h1-3,5-6,8-11,13-14,19H,4,7,12,15H2,(H,28,31)(H,29,30). The van der Waals surface area contributed by atoms with Crippen LogP contribution in [0.4, 0.5) is 0 Å². The van der Waals surface area contributed by atoms with Gasteiger partial charge in [0.15, 0.2) is 0 Å². The molecule has 0 bridgehead atoms. The summed E-state index contributed by atoms with van der Waals surface area (Å²) in [4.78, 5) is 25.6. The molecule has 2 heterocycles. The van der Waals surface area contributed by atoms with Crippen LogP contribution in [-0.4, -0.2) is 31.1 Å². The largest absolute Gasteiger partial charge is 0.457 e. The molecule has 2 aromatic carbocycles. The van der Waals surface area contributed by atoms with Crippen LogP contribution >= 0.6 is 23.2 Å². The fourth-order valence-electron chi connectivity index (χ4n) is 3.46. The predicted molar refractivity (Wildman–Crippen MR) is 128 cm³/mol. The van der Waals surface area contributed by atoms with Crippen molar-refractivity contribution in [3.63, 3.8) is 0 Å². The van der Waals surface area contributed by atoms with Gasteiger partial charge in [0.1, 0.15) is 17.2 Å². The van der Waals surface area contributed by atoms with Gasteiger partial charge in [-0.3, -0.25) is 9.59 Å². The molecule has 0 aliphatic carbocycles. The summed E-state index contributed by atoms with van der Waals surface area (Å²) in [5.41, 5.74) is 1.16. The first kappa shape index (κ1) is 23.1. The molecule has 2 amide bonds. The van der Waals surface area contributed by atoms with Crippen LogP contribution in [0.15, 0.2) is 70.8 Å². The number of hydrogen-bond acceptors (Lipinski definition) is 4. The normalized spacial score (nSPS) is 15.9. The summed E-state index contributed by atoms with van der Waals surface area (Å²) >= 11 is 12.2. The van der Waals surface area contributed by atoms with Crippen LogP contribution in [0, 0.1) is 0 Å². The topological polar surface area (TPSA) is 80.6 Å². The van der Waals surface area contributed by atoms with Crippen LogP contribution in [-0.2, 0) is 9.53 Å². The number of halogens is 2. The van der Waals surface area contributed by atoms with Gasteiger partial charge in [0.25, 0.3) is 11.8 Å². The predicted octanol–water partition coefficient (Wildman–Crippen LogP) is 5.32. The summed E-state index contributed by atoms with van der Waals surface area (Å²) in [5.74, 6) is 0.0574. The molecular weight excluding hydrogens is 463 g/mol. The zero-order chi connectivity index (χ0) is 23.2. The first-order chi connectivity index (χ1) is 16.0. The van der Waals surface area contributed by atoms with Crippen LogP contribution in [0.3, 0.4) is 0 Å². The number of furan rings is 1. The van der Waals surface area contributed by atoms with Gasteiger partial charge in [-0.2, -0.15) is 0 Å². The molecule has 1 aromatic heterocycles. The van der Waals surface area contributed by atoms with E-state index in [2.05, 4.69) is 10.6 Å². The molecule has 0 saturated carbocycles. The Kier molecular flexibility index (Phi) is 7.50. The molecule has 1 atom stereocenters. The maximum atomic E-state index is 12.9. The number of nitrogens with one attached hydrogen (secondary N) is 2. The number of carbonyl (C=O) groups excluding carboxylic acids is 2. The van der Waals surface area contributed by atoms with Gasteiger partial charge in [0, 0.05) is 35.4 Å². The summed E-state index contributed by atoms with van der Waals surface area (Å²) in [6.07, 6.45) is 3.32. The fourth-order valence-corrected chi connectivity index (χ4v) is 3.96. The highest BCUT2D eigenvalue weighted by molar-refractivity contribution is 6.36. The quantitative estimate of drug-likeness (QED) is 0.444. The van der Waals surface area contributed by atoms with Crippen molar-refractivity contribution in [1.29, 1.82) is 0 Å². The molecule has 4 rings (SSSR count). The van der Waals surface area contributed by atoms with Gasteiger partial charge in [-0.25, -0.2) is 0 Å². The van der Waals surface area contributed by atoms with Crippen molar-refractivity contribution < 1.29 is 18.7 Å². The average molecular weight is 485 g/mol. The molecule has 170 valence electrons. The third kappa shape index (κ3) is 6.05. The Bertz CT molecular complexity index is 1170. The highest BCUT2D eigenvalue weighted by atomic mass is 35.5. The van der Waals surface area contributed by atoms with Crippen molar-refractivity contribution in [2.24, 2.45) is 0 Å². The summed E-state index contributed by atoms with van der Waals surface area (Å²) < 4.78 is 11.4. The smallest absolute Gasteiger partial charge is 0.268 e. The maximum absolute atomic E-state index is 12.9. The molecular formula is C25H22Cl2N2O4. The number of amides is 2. The van der Waals surface area contributed by atoms with Crippen LogP contribution < -0.4 is 10.6 Å². The highest BCUT2D eigenvalue weighted by Crippen LogP contribution is 2.32. The highest BCUT2D eigenvalue weighted by Gasteiger charge is 2.20. The van der Waals surface area contributed by atoms with E-state index in [9.17, 15) is 9.59 Å². The molecule has 2 N–H and O–H groups in total. The van der Waals surface area contributed by atoms with Crippen LogP contribution in [0.1, 0.15) is 29.0 Å². The van der Waals surface area contributed by atoms with E-state index in [1.165, 1.54) is 6.08 Å². The van der Waals surface area contributed by atoms with E-state index in [-0.39, 0.29) is 11.8 Å². The number of benzene rings is 2. The molecule has 1 aliphatic rings. The second-order valence-electron chi connectivity index (χ2n) is 7.55. The molecule has 3 aromatic rings. The van der Waals surface area contributed by atoms with E-state index in [4.69, 9.17) is 32.4 Å². The van der Waals surface area contributed by atoms with E-state index in [1.54, 1.807) is 54.6 Å². The van der Waals surface area contributed by atoms with Crippen molar-refractivity contribution in [2.75, 3.05) is 13.2 Å². The van der Waals surface area contributed by atoms with Crippen LogP contribution in [0.2, 0.25) is 10.0 Å². The molecule has 1 saturated heterocycles. The molecule has 8 heteroatoms. The van der Waals surface area contributed by atoms with Crippen molar-refractivity contribution >= 4 is 41.1 Å². The van der Waals surface area contributed by atoms with Crippen molar-refractivity contribution in [1.82, 2.24) is 10.6 Å². The lowest BCUT2D eigenvalue weighted by Gasteiger charge is -2.13. The van der Waals surface area contributed by atoms with Crippen molar-refractivity contribution in [2.45, 2.75) is 18.9 Å². The van der Waals surface area contributed by atoms with E-state index < -0.39 is 11.8 Å². The minimum atomic E-state index is -0.433. The van der Waals surface area contributed by atoms with Gasteiger partial charge in [0.2, 0.25) is 0 Å². The minimum absolute atomic E-state index is 0.0257. The third-order valence-electron chi connectivity index (χ3n) is 5.15. The molecule has 1 fully saturated rings. The molecule has 0 radical (unpaired) electrons. The summed E-state index contributed by atoms with van der Waals surface area (Å²) in [7, 11) is 0. The molecule has 33 heavy (non-hydrogen) atoms. The lowest BCUT2D eigenvalue weighted by molar-refractivity contribution is -0.118. The lowest BCUT2D eigenvalue weighted by Crippen LogP contribution is -2.38. The summed E-state index contributed by atoms with van der Waals surface area (Å²) in [6, 6.07) is 17.2. The minimum Gasteiger partial charge on any atom is -0.457 e. The number of rotatable bonds is 7. The van der Waals surface area contributed by atoms with Crippen molar-refractivity contribution in [3.05, 3.63) is 87.7 Å². The Hall–Kier alpha value is -3.06. The van der Waals surface area contributed by atoms with Crippen LogP contribution in [0.5, 0.6) is 0 Å². The summed E-state index contributed by atoms with van der Waals surface area (Å²) in [5, 5.41) is 6.48. The molecule has 0 spiro atoms. The second kappa shape index (κ2) is 10.7. The van der Waals surface area contributed by atoms with Gasteiger partial charge >= 0.3 is 0 Å². The first-order valence-electron chi connectivity index (χ1n) is 10.5. The zero-order valence-corrected chi connectivity index (χ0v) is 19.2. The van der Waals surface area contributed by atoms with Crippen molar-refractivity contribution in [3.8, 4) is 11.3 Å². The monoisotopic (exact) mass is 484 g/mol. The van der Waals surface area contributed by atoms with Gasteiger partial charge < -0.3 is 19.8 Å². The zero-order valence-electron chi connectivity index (χ0n) is 17.6. The lowest BCUT2D eigenvalue weighted by atomic mass is 10.2. The Labute approximate surface area is 201 Å². The van der Waals surface area contributed by atoms with E-state index in [0.29, 0.717) is 45.8 Å². The SMILES string of the molecule is O=C(NCC1CCCO1)C(=Cc1ccc(-c2ccc(Cl)cc2Cl)o1)NC(=O)c1ccccc1. The fraction of sp³-hybridized carbons (Fsp3) is 0.200. The van der Waals surface area contributed by atoms with Gasteiger partial charge in [-0.15, -0.1) is 0 Å². The third-order valence-corrected chi connectivity index (χ3v) is 5.70. The first-order valence-corrected chi connectivity index (χ1v) is 11.3. The van der Waals surface area contributed by atoms with E-state index in [0.717, 1.165) is 12.8 Å². The molecule has 1 aliphatic heterocycles. The van der Waals surface area contributed by atoms with Crippen LogP contribution in [0.25, 0.3) is 17.4 Å². The number of ether oxygens (including phenoxy) is 1. The summed E-state index contributed by atoms with van der Waals surface area (Å²) in [6.45, 7) is 1.05. The number of hydrogen-bond donors (Lipinski definition) is 2. The second-order valence-corrected chi connectivity index (χ2v) is 8.39. The average Bonchev–Trinajstić information content (AvgIpc) is 3.50. The van der Waals surface area contributed by atoms with Gasteiger partial charge in [-0.05, 0) is 55.3 Å². The van der Waals surface area contributed by atoms with E-state index >= 15 is 0 Å². The Balaban J connectivity index is 1.57. The van der Waals surface area contributed by atoms with Gasteiger partial charge in [-0.1, -0.05) is 41.4 Å². The maximum Gasteiger partial charge on any atom is 0.268 e. The Morgan fingerprint density at radius 3 is 2.61 bits per heavy atom. The van der Waals surface area contributed by atoms with Gasteiger partial charge in [0.05, 0.1) is 11.1 Å². The van der Waals surface area contributed by atoms with E-state index in [1.807, 2.05) is 6.07 Å². The molecule has 1 unspecified atom stereocenters. The Morgan fingerprint density at radius 1 is 1.06 bits per heavy atom. The number of carbonyl (C=O) groups is 2. The Morgan fingerprint density at radius 2 is 1.88 bits per heavy atom.